The van der Waals surface area contributed by atoms with E-state index < -0.39 is 17.2 Å². The molecule has 0 aromatic heterocycles. The number of carbonyl (C=O) groups excluding carboxylic acids is 3. The number of imide groups is 1. The summed E-state index contributed by atoms with van der Waals surface area (Å²) in [6.07, 6.45) is 0.222. The van der Waals surface area contributed by atoms with E-state index in [-0.39, 0.29) is 30.8 Å². The highest BCUT2D eigenvalue weighted by Gasteiger charge is 2.43. The predicted molar refractivity (Wildman–Crippen MR) is 174 cm³/mol. The van der Waals surface area contributed by atoms with Crippen LogP contribution in [0.15, 0.2) is 115 Å². The molecule has 1 aliphatic heterocycles. The van der Waals surface area contributed by atoms with E-state index in [0.29, 0.717) is 22.6 Å². The zero-order valence-electron chi connectivity index (χ0n) is 25.3. The highest BCUT2D eigenvalue weighted by molar-refractivity contribution is 7.99. The lowest BCUT2D eigenvalue weighted by molar-refractivity contribution is -0.154. The molecule has 0 saturated heterocycles. The molecule has 1 heterocycles. The minimum Gasteiger partial charge on any atom is -0.460 e. The molecule has 1 atom stereocenters. The second-order valence-corrected chi connectivity index (χ2v) is 12.8. The first kappa shape index (κ1) is 31.2. The first-order chi connectivity index (χ1) is 21.2. The quantitative estimate of drug-likeness (QED) is 0.0739. The van der Waals surface area contributed by atoms with Gasteiger partial charge in [-0.2, -0.15) is 11.8 Å². The molecule has 6 nitrogen and oxygen atoms in total. The van der Waals surface area contributed by atoms with Crippen LogP contribution in [0.3, 0.4) is 0 Å². The molecule has 0 spiro atoms. The average Bonchev–Trinajstić information content (AvgIpc) is 3.28. The van der Waals surface area contributed by atoms with Crippen molar-refractivity contribution in [2.75, 3.05) is 18.1 Å². The number of hydrogen-bond donors (Lipinski definition) is 0. The molecule has 0 N–H and O–H groups in total. The molecule has 2 amide bonds. The monoisotopic (exact) mass is 607 g/mol. The summed E-state index contributed by atoms with van der Waals surface area (Å²) in [7, 11) is 0. The van der Waals surface area contributed by atoms with Crippen LogP contribution >= 0.6 is 11.8 Å². The van der Waals surface area contributed by atoms with E-state index in [9.17, 15) is 14.4 Å². The molecule has 4 aromatic rings. The summed E-state index contributed by atoms with van der Waals surface area (Å²) in [5.41, 5.74) is 1.99. The molecule has 1 aliphatic rings. The van der Waals surface area contributed by atoms with E-state index >= 15 is 0 Å². The number of carbonyl (C=O) groups is 3. The number of rotatable bonds is 12. The van der Waals surface area contributed by atoms with Crippen molar-refractivity contribution in [1.82, 2.24) is 4.90 Å². The van der Waals surface area contributed by atoms with E-state index in [1.165, 1.54) is 16.7 Å². The fraction of sp³-hybridized carbons (Fsp3) is 0.270. The minimum absolute atomic E-state index is 0.0730. The van der Waals surface area contributed by atoms with Crippen LogP contribution in [-0.4, -0.2) is 52.4 Å². The molecule has 0 bridgehead atoms. The van der Waals surface area contributed by atoms with Gasteiger partial charge in [-0.3, -0.25) is 19.3 Å². The fourth-order valence-electron chi connectivity index (χ4n) is 5.49. The number of nitrogens with zero attached hydrogens (tertiary/aromatic N) is 1. The molecule has 44 heavy (non-hydrogen) atoms. The second kappa shape index (κ2) is 13.6. The Morgan fingerprint density at radius 3 is 1.57 bits per heavy atom. The Morgan fingerprint density at radius 1 is 0.705 bits per heavy atom. The van der Waals surface area contributed by atoms with Crippen molar-refractivity contribution < 1.29 is 23.9 Å². The van der Waals surface area contributed by atoms with Gasteiger partial charge in [-0.15, -0.1) is 0 Å². The summed E-state index contributed by atoms with van der Waals surface area (Å²) in [6.45, 7) is 5.59. The van der Waals surface area contributed by atoms with Gasteiger partial charge in [0.05, 0.1) is 30.2 Å². The zero-order valence-corrected chi connectivity index (χ0v) is 26.1. The van der Waals surface area contributed by atoms with Crippen molar-refractivity contribution >= 4 is 29.5 Å². The topological polar surface area (TPSA) is 72.9 Å². The van der Waals surface area contributed by atoms with Gasteiger partial charge in [0.2, 0.25) is 0 Å². The van der Waals surface area contributed by atoms with Gasteiger partial charge >= 0.3 is 5.97 Å². The van der Waals surface area contributed by atoms with Crippen LogP contribution in [0.5, 0.6) is 0 Å². The SMILES string of the molecule is CC(C)(C)OC(=O)CCSCC(COC(c1ccccc1)(c1ccccc1)c1ccccc1)N1C(=O)c2ccccc2C1=O. The normalized spacial score (nSPS) is 13.9. The van der Waals surface area contributed by atoms with Gasteiger partial charge in [-0.25, -0.2) is 0 Å². The molecule has 5 rings (SSSR count). The van der Waals surface area contributed by atoms with Crippen LogP contribution < -0.4 is 0 Å². The Labute approximate surface area is 263 Å². The Bertz CT molecular complexity index is 1450. The summed E-state index contributed by atoms with van der Waals surface area (Å²) in [6, 6.07) is 36.3. The molecule has 4 aromatic carbocycles. The first-order valence-electron chi connectivity index (χ1n) is 14.8. The smallest absolute Gasteiger partial charge is 0.307 e. The maximum absolute atomic E-state index is 13.6. The van der Waals surface area contributed by atoms with E-state index in [1.54, 1.807) is 24.3 Å². The molecule has 7 heteroatoms. The molecular weight excluding hydrogens is 570 g/mol. The van der Waals surface area contributed by atoms with Gasteiger partial charge in [-0.05, 0) is 49.6 Å². The predicted octanol–water partition coefficient (Wildman–Crippen LogP) is 7.12. The molecule has 0 radical (unpaired) electrons. The third-order valence-electron chi connectivity index (χ3n) is 7.40. The van der Waals surface area contributed by atoms with Crippen LogP contribution in [0.2, 0.25) is 0 Å². The fourth-order valence-corrected chi connectivity index (χ4v) is 6.49. The Morgan fingerprint density at radius 2 is 1.14 bits per heavy atom. The van der Waals surface area contributed by atoms with Crippen molar-refractivity contribution in [2.24, 2.45) is 0 Å². The van der Waals surface area contributed by atoms with Crippen molar-refractivity contribution in [1.29, 1.82) is 0 Å². The highest BCUT2D eigenvalue weighted by atomic mass is 32.2. The molecular formula is C37H37NO5S. The van der Waals surface area contributed by atoms with Crippen molar-refractivity contribution in [2.45, 2.75) is 44.4 Å². The van der Waals surface area contributed by atoms with E-state index in [0.717, 1.165) is 16.7 Å². The van der Waals surface area contributed by atoms with Crippen molar-refractivity contribution in [3.63, 3.8) is 0 Å². The summed E-state index contributed by atoms with van der Waals surface area (Å²) >= 11 is 1.50. The van der Waals surface area contributed by atoms with E-state index in [2.05, 4.69) is 0 Å². The molecule has 1 unspecified atom stereocenters. The van der Waals surface area contributed by atoms with Crippen LogP contribution in [0.4, 0.5) is 0 Å². The molecule has 0 saturated carbocycles. The van der Waals surface area contributed by atoms with Gasteiger partial charge in [0.25, 0.3) is 11.8 Å². The number of esters is 1. The molecule has 0 aliphatic carbocycles. The number of amides is 2. The van der Waals surface area contributed by atoms with E-state index in [1.807, 2.05) is 112 Å². The average molecular weight is 608 g/mol. The van der Waals surface area contributed by atoms with E-state index in [4.69, 9.17) is 9.47 Å². The number of thioether (sulfide) groups is 1. The molecule has 0 fully saturated rings. The summed E-state index contributed by atoms with van der Waals surface area (Å²) in [4.78, 5) is 41.0. The van der Waals surface area contributed by atoms with Gasteiger partial charge in [0, 0.05) is 11.5 Å². The summed E-state index contributed by atoms with van der Waals surface area (Å²) in [5.74, 6) is -0.0819. The minimum atomic E-state index is -1.01. The van der Waals surface area contributed by atoms with Gasteiger partial charge in [0.15, 0.2) is 0 Å². The highest BCUT2D eigenvalue weighted by Crippen LogP contribution is 2.41. The van der Waals surface area contributed by atoms with Gasteiger partial charge in [0.1, 0.15) is 11.2 Å². The largest absolute Gasteiger partial charge is 0.460 e. The van der Waals surface area contributed by atoms with Crippen LogP contribution in [0.25, 0.3) is 0 Å². The molecule has 226 valence electrons. The standard InChI is InChI=1S/C37H37NO5S/c1-36(2,3)43-33(39)23-24-44-26-30(38-34(40)31-21-13-14-22-32(31)35(38)41)25-42-37(27-15-7-4-8-16-27,28-17-9-5-10-18-28)29-19-11-6-12-20-29/h4-22,30H,23-26H2,1-3H3. The maximum Gasteiger partial charge on any atom is 0.307 e. The Hall–Kier alpha value is -4.20. The summed E-state index contributed by atoms with van der Waals surface area (Å²) in [5, 5.41) is 0. The lowest BCUT2D eigenvalue weighted by atomic mass is 9.80. The lowest BCUT2D eigenvalue weighted by Gasteiger charge is -2.38. The third kappa shape index (κ3) is 6.79. The van der Waals surface area contributed by atoms with Crippen LogP contribution in [0, 0.1) is 0 Å². The number of fused-ring (bicyclic) bond motifs is 1. The third-order valence-corrected chi connectivity index (χ3v) is 8.52. The number of ether oxygens (including phenoxy) is 2. The second-order valence-electron chi connectivity index (χ2n) is 11.7. The van der Waals surface area contributed by atoms with Crippen LogP contribution in [-0.2, 0) is 19.9 Å². The Kier molecular flexibility index (Phi) is 9.67. The first-order valence-corrected chi connectivity index (χ1v) is 15.9. The van der Waals surface area contributed by atoms with Crippen LogP contribution in [0.1, 0.15) is 64.6 Å². The number of benzene rings is 4. The van der Waals surface area contributed by atoms with Crippen molar-refractivity contribution in [3.8, 4) is 0 Å². The van der Waals surface area contributed by atoms with Gasteiger partial charge < -0.3 is 9.47 Å². The number of hydrogen-bond acceptors (Lipinski definition) is 6. The zero-order chi connectivity index (χ0) is 31.2. The lowest BCUT2D eigenvalue weighted by Crippen LogP contribution is -2.46. The van der Waals surface area contributed by atoms with Crippen molar-refractivity contribution in [3.05, 3.63) is 143 Å². The summed E-state index contributed by atoms with van der Waals surface area (Å²) < 4.78 is 12.5. The maximum atomic E-state index is 13.6. The van der Waals surface area contributed by atoms with Gasteiger partial charge in [-0.1, -0.05) is 103 Å². The Balaban J connectivity index is 1.48.